The Morgan fingerprint density at radius 2 is 1.30 bits per heavy atom. The zero-order valence-electron chi connectivity index (χ0n) is 24.8. The second kappa shape index (κ2) is 13.2. The summed E-state index contributed by atoms with van der Waals surface area (Å²) < 4.78 is 0. The minimum absolute atomic E-state index is 0.152. The van der Waals surface area contributed by atoms with Crippen molar-refractivity contribution in [1.29, 1.82) is 0 Å². The number of primary amides is 1. The molecule has 11 heteroatoms. The number of rotatable bonds is 11. The largest absolute Gasteiger partial charge is 0.391 e. The molecule has 43 heavy (non-hydrogen) atoms. The summed E-state index contributed by atoms with van der Waals surface area (Å²) >= 11 is 0. The summed E-state index contributed by atoms with van der Waals surface area (Å²) in [6.45, 7) is 3.32. The molecule has 2 aliphatic heterocycles. The van der Waals surface area contributed by atoms with Crippen molar-refractivity contribution >= 4 is 23.6 Å². The minimum Gasteiger partial charge on any atom is -0.391 e. The molecule has 7 N–H and O–H groups in total. The first-order valence-corrected chi connectivity index (χ1v) is 14.9. The third kappa shape index (κ3) is 6.43. The van der Waals surface area contributed by atoms with Crippen LogP contribution >= 0.6 is 0 Å². The van der Waals surface area contributed by atoms with Crippen molar-refractivity contribution in [2.75, 3.05) is 13.1 Å². The maximum Gasteiger partial charge on any atom is 0.249 e. The fourth-order valence-corrected chi connectivity index (χ4v) is 6.57. The van der Waals surface area contributed by atoms with Gasteiger partial charge in [0.15, 0.2) is 0 Å². The molecule has 0 saturated carbocycles. The summed E-state index contributed by atoms with van der Waals surface area (Å²) in [7, 11) is 0. The number of benzene rings is 2. The van der Waals surface area contributed by atoms with Gasteiger partial charge in [0.2, 0.25) is 23.6 Å². The van der Waals surface area contributed by atoms with Gasteiger partial charge in [0.25, 0.3) is 0 Å². The van der Waals surface area contributed by atoms with Crippen LogP contribution in [0.15, 0.2) is 60.7 Å². The number of hydrogen-bond donors (Lipinski definition) is 5. The van der Waals surface area contributed by atoms with Gasteiger partial charge in [0.05, 0.1) is 12.2 Å². The maximum absolute atomic E-state index is 15.1. The number of aliphatic hydroxyl groups is 2. The van der Waals surface area contributed by atoms with E-state index < -0.39 is 59.0 Å². The second-order valence-corrected chi connectivity index (χ2v) is 11.9. The predicted molar refractivity (Wildman–Crippen MR) is 160 cm³/mol. The zero-order chi connectivity index (χ0) is 31.4. The summed E-state index contributed by atoms with van der Waals surface area (Å²) in [6, 6.07) is 16.1. The maximum atomic E-state index is 15.1. The molecule has 0 spiro atoms. The van der Waals surface area contributed by atoms with Crippen molar-refractivity contribution in [3.05, 3.63) is 71.8 Å². The molecular formula is C32H43N5O6. The van der Waals surface area contributed by atoms with Crippen molar-refractivity contribution in [2.24, 2.45) is 11.5 Å². The van der Waals surface area contributed by atoms with Crippen LogP contribution in [0.1, 0.15) is 50.7 Å². The Balaban J connectivity index is 1.82. The number of hydrogen-bond acceptors (Lipinski definition) is 7. The smallest absolute Gasteiger partial charge is 0.249 e. The number of nitrogens with one attached hydrogen (secondary N) is 1. The van der Waals surface area contributed by atoms with Gasteiger partial charge in [-0.2, -0.15) is 0 Å². The van der Waals surface area contributed by atoms with E-state index >= 15 is 4.79 Å². The van der Waals surface area contributed by atoms with Gasteiger partial charge in [0, 0.05) is 25.9 Å². The SMILES string of the molecule is CC(O)C(N)C(=O)N1CCCC1(Cc1ccccc1)C(=O)N1CCCC1(Cc1ccccc1)C(=O)NC(C(N)=O)C(C)O. The quantitative estimate of drug-likeness (QED) is 0.248. The average Bonchev–Trinajstić information content (AvgIpc) is 3.61. The lowest BCUT2D eigenvalue weighted by Gasteiger charge is -2.46. The van der Waals surface area contributed by atoms with Gasteiger partial charge in [-0.1, -0.05) is 60.7 Å². The summed E-state index contributed by atoms with van der Waals surface area (Å²) in [5.74, 6) is -2.42. The lowest BCUT2D eigenvalue weighted by Crippen LogP contribution is -2.69. The van der Waals surface area contributed by atoms with E-state index in [2.05, 4.69) is 5.32 Å². The highest BCUT2D eigenvalue weighted by Crippen LogP contribution is 2.41. The van der Waals surface area contributed by atoms with Crippen LogP contribution in [0.4, 0.5) is 0 Å². The lowest BCUT2D eigenvalue weighted by atomic mass is 9.82. The first kappa shape index (κ1) is 32.1. The standard InChI is InChI=1S/C32H43N5O6/c1-21(38)25(33)28(41)36-17-10-16-32(36,20-24-13-7-4-8-14-24)30(43)37-18-9-15-31(37,19-23-11-5-3-6-12-23)29(42)35-26(22(2)39)27(34)40/h3-8,11-14,21-22,25-26,38-39H,9-10,15-20,33H2,1-2H3,(H2,34,40)(H,35,42). The van der Waals surface area contributed by atoms with Gasteiger partial charge in [0.1, 0.15) is 23.2 Å². The van der Waals surface area contributed by atoms with E-state index in [1.54, 1.807) is 4.90 Å². The van der Waals surface area contributed by atoms with E-state index in [4.69, 9.17) is 11.5 Å². The summed E-state index contributed by atoms with van der Waals surface area (Å²) in [5.41, 5.74) is 10.5. The van der Waals surface area contributed by atoms with Crippen LogP contribution in [0.3, 0.4) is 0 Å². The summed E-state index contributed by atoms with van der Waals surface area (Å²) in [5, 5.41) is 23.0. The number of likely N-dealkylation sites (tertiary alicyclic amines) is 2. The van der Waals surface area contributed by atoms with Gasteiger partial charge in [-0.15, -0.1) is 0 Å². The molecule has 0 aliphatic carbocycles. The Hall–Kier alpha value is -3.80. The number of nitrogens with two attached hydrogens (primary N) is 2. The van der Waals surface area contributed by atoms with Crippen LogP contribution in [0.25, 0.3) is 0 Å². The monoisotopic (exact) mass is 593 g/mol. The number of carbonyl (C=O) groups is 4. The first-order valence-electron chi connectivity index (χ1n) is 14.9. The number of aliphatic hydroxyl groups excluding tert-OH is 2. The second-order valence-electron chi connectivity index (χ2n) is 11.9. The summed E-state index contributed by atoms with van der Waals surface area (Å²) in [6.07, 6.45) is -0.350. The van der Waals surface area contributed by atoms with E-state index in [0.29, 0.717) is 25.7 Å². The molecule has 0 radical (unpaired) electrons. The van der Waals surface area contributed by atoms with Gasteiger partial charge >= 0.3 is 0 Å². The molecule has 2 fully saturated rings. The van der Waals surface area contributed by atoms with E-state index in [-0.39, 0.29) is 25.9 Å². The van der Waals surface area contributed by atoms with E-state index in [0.717, 1.165) is 11.1 Å². The molecular weight excluding hydrogens is 550 g/mol. The molecule has 2 aromatic rings. The zero-order valence-corrected chi connectivity index (χ0v) is 24.8. The van der Waals surface area contributed by atoms with Crippen LogP contribution in [0, 0.1) is 0 Å². The van der Waals surface area contributed by atoms with Crippen LogP contribution in [-0.2, 0) is 32.0 Å². The molecule has 2 heterocycles. The minimum atomic E-state index is -1.42. The van der Waals surface area contributed by atoms with Gasteiger partial charge in [-0.25, -0.2) is 0 Å². The highest BCUT2D eigenvalue weighted by molar-refractivity contribution is 6.00. The predicted octanol–water partition coefficient (Wildman–Crippen LogP) is 0.253. The molecule has 6 unspecified atom stereocenters. The number of nitrogens with zero attached hydrogens (tertiary/aromatic N) is 2. The normalized spacial score (nSPS) is 24.7. The fourth-order valence-electron chi connectivity index (χ4n) is 6.57. The van der Waals surface area contributed by atoms with Gasteiger partial charge < -0.3 is 36.8 Å². The summed E-state index contributed by atoms with van der Waals surface area (Å²) in [4.78, 5) is 58.2. The number of carbonyl (C=O) groups excluding carboxylic acids is 4. The van der Waals surface area contributed by atoms with Crippen molar-refractivity contribution in [3.63, 3.8) is 0 Å². The van der Waals surface area contributed by atoms with Crippen molar-refractivity contribution < 1.29 is 29.4 Å². The van der Waals surface area contributed by atoms with E-state index in [9.17, 15) is 24.6 Å². The van der Waals surface area contributed by atoms with Crippen LogP contribution in [-0.4, -0.2) is 92.1 Å². The lowest BCUT2D eigenvalue weighted by molar-refractivity contribution is -0.159. The molecule has 2 aliphatic rings. The average molecular weight is 594 g/mol. The molecule has 2 aromatic carbocycles. The van der Waals surface area contributed by atoms with Gasteiger partial charge in [-0.05, 0) is 50.7 Å². The first-order chi connectivity index (χ1) is 20.4. The molecule has 232 valence electrons. The highest BCUT2D eigenvalue weighted by Gasteiger charge is 2.58. The van der Waals surface area contributed by atoms with Crippen LogP contribution in [0.2, 0.25) is 0 Å². The van der Waals surface area contributed by atoms with Crippen LogP contribution in [0.5, 0.6) is 0 Å². The molecule has 0 aromatic heterocycles. The highest BCUT2D eigenvalue weighted by atomic mass is 16.3. The molecule has 6 atom stereocenters. The van der Waals surface area contributed by atoms with E-state index in [1.807, 2.05) is 60.7 Å². The Morgan fingerprint density at radius 1 is 0.814 bits per heavy atom. The Labute approximate surface area is 252 Å². The Kier molecular flexibility index (Phi) is 9.89. The Bertz CT molecular complexity index is 1310. The van der Waals surface area contributed by atoms with Crippen molar-refractivity contribution in [3.8, 4) is 0 Å². The molecule has 11 nitrogen and oxygen atoms in total. The Morgan fingerprint density at radius 3 is 1.79 bits per heavy atom. The molecule has 4 amide bonds. The van der Waals surface area contributed by atoms with Gasteiger partial charge in [-0.3, -0.25) is 19.2 Å². The third-order valence-corrected chi connectivity index (χ3v) is 8.87. The van der Waals surface area contributed by atoms with Crippen LogP contribution < -0.4 is 16.8 Å². The molecule has 4 rings (SSSR count). The van der Waals surface area contributed by atoms with Crippen molar-refractivity contribution in [1.82, 2.24) is 15.1 Å². The molecule has 2 saturated heterocycles. The fraction of sp³-hybridized carbons (Fsp3) is 0.500. The molecule has 0 bridgehead atoms. The third-order valence-electron chi connectivity index (χ3n) is 8.87. The van der Waals surface area contributed by atoms with Crippen molar-refractivity contribution in [2.45, 2.75) is 87.7 Å². The van der Waals surface area contributed by atoms with E-state index in [1.165, 1.54) is 18.7 Å². The topological polar surface area (TPSA) is 179 Å². The number of amides is 4.